The van der Waals surface area contributed by atoms with E-state index in [0.29, 0.717) is 12.5 Å². The summed E-state index contributed by atoms with van der Waals surface area (Å²) in [5, 5.41) is 5.28. The van der Waals surface area contributed by atoms with Crippen LogP contribution in [-0.4, -0.2) is 19.0 Å². The first-order valence-electron chi connectivity index (χ1n) is 7.20. The molecule has 1 aromatic carbocycles. The van der Waals surface area contributed by atoms with E-state index in [9.17, 15) is 0 Å². The Balaban J connectivity index is 0.00000242. The predicted octanol–water partition coefficient (Wildman–Crippen LogP) is 3.79. The minimum Gasteiger partial charge on any atom is -0.370 e. The highest BCUT2D eigenvalue weighted by Gasteiger charge is 2.21. The number of halogens is 1. The molecule has 0 amide bonds. The van der Waals surface area contributed by atoms with E-state index in [-0.39, 0.29) is 29.4 Å². The topological polar surface area (TPSA) is 50.4 Å². The summed E-state index contributed by atoms with van der Waals surface area (Å²) in [7, 11) is 0. The Morgan fingerprint density at radius 3 is 2.55 bits per heavy atom. The van der Waals surface area contributed by atoms with Gasteiger partial charge < -0.3 is 11.1 Å². The molecule has 1 heterocycles. The molecule has 5 heteroatoms. The molecule has 22 heavy (non-hydrogen) atoms. The molecule has 2 rings (SSSR count). The minimum absolute atomic E-state index is 0. The van der Waals surface area contributed by atoms with E-state index in [4.69, 9.17) is 5.73 Å². The molecule has 0 aliphatic rings. The Hall–Kier alpha value is -1.08. The quantitative estimate of drug-likeness (QED) is 0.417. The summed E-state index contributed by atoms with van der Waals surface area (Å²) in [4.78, 5) is 5.81. The van der Waals surface area contributed by atoms with Crippen LogP contribution < -0.4 is 11.1 Å². The molecular weight excluding hydrogens is 405 g/mol. The zero-order valence-electron chi connectivity index (χ0n) is 13.1. The molecule has 0 aliphatic carbocycles. The molecule has 0 atom stereocenters. The van der Waals surface area contributed by atoms with Gasteiger partial charge in [0.2, 0.25) is 0 Å². The molecule has 3 nitrogen and oxygen atoms in total. The van der Waals surface area contributed by atoms with Gasteiger partial charge in [-0.15, -0.1) is 35.3 Å². The standard InChI is InChI=1S/C17H23N3S.HI/c1-17(2,15-9-6-12-21-15)13-20-16(18)19-11-10-14-7-4-3-5-8-14;/h3-9,12H,10-11,13H2,1-2H3,(H3,18,19,20);1H. The summed E-state index contributed by atoms with van der Waals surface area (Å²) in [5.41, 5.74) is 7.27. The van der Waals surface area contributed by atoms with E-state index in [0.717, 1.165) is 13.0 Å². The number of thiophene rings is 1. The van der Waals surface area contributed by atoms with Gasteiger partial charge in [-0.1, -0.05) is 50.2 Å². The average Bonchev–Trinajstić information content (AvgIpc) is 3.01. The van der Waals surface area contributed by atoms with Crippen molar-refractivity contribution in [1.82, 2.24) is 5.32 Å². The summed E-state index contributed by atoms with van der Waals surface area (Å²) in [6.07, 6.45) is 0.950. The van der Waals surface area contributed by atoms with Crippen LogP contribution in [0.4, 0.5) is 0 Å². The SMILES string of the molecule is CC(C)(CN=C(N)NCCc1ccccc1)c1cccs1.I. The van der Waals surface area contributed by atoms with E-state index < -0.39 is 0 Å². The van der Waals surface area contributed by atoms with Crippen molar-refractivity contribution >= 4 is 41.3 Å². The molecule has 0 aliphatic heterocycles. The van der Waals surface area contributed by atoms with Crippen molar-refractivity contribution in [3.05, 3.63) is 58.3 Å². The monoisotopic (exact) mass is 429 g/mol. The van der Waals surface area contributed by atoms with Crippen molar-refractivity contribution in [3.8, 4) is 0 Å². The molecule has 0 spiro atoms. The van der Waals surface area contributed by atoms with Gasteiger partial charge in [0.1, 0.15) is 0 Å². The lowest BCUT2D eigenvalue weighted by Gasteiger charge is -2.21. The number of guanidine groups is 1. The number of nitrogens with zero attached hydrogens (tertiary/aromatic N) is 1. The lowest BCUT2D eigenvalue weighted by Crippen LogP contribution is -2.34. The number of hydrogen-bond acceptors (Lipinski definition) is 2. The summed E-state index contributed by atoms with van der Waals surface area (Å²) in [5.74, 6) is 0.524. The third-order valence-corrected chi connectivity index (χ3v) is 4.63. The fraction of sp³-hybridized carbons (Fsp3) is 0.353. The molecule has 3 N–H and O–H groups in total. The Kier molecular flexibility index (Phi) is 7.89. The molecular formula is C17H24IN3S. The Morgan fingerprint density at radius 2 is 1.91 bits per heavy atom. The first kappa shape index (κ1) is 19.0. The second-order valence-electron chi connectivity index (χ2n) is 5.73. The number of aliphatic imine (C=N–C) groups is 1. The van der Waals surface area contributed by atoms with E-state index >= 15 is 0 Å². The fourth-order valence-electron chi connectivity index (χ4n) is 2.06. The molecule has 120 valence electrons. The highest BCUT2D eigenvalue weighted by atomic mass is 127. The van der Waals surface area contributed by atoms with Crippen LogP contribution in [0.15, 0.2) is 52.8 Å². The van der Waals surface area contributed by atoms with Crippen molar-refractivity contribution < 1.29 is 0 Å². The summed E-state index contributed by atoms with van der Waals surface area (Å²) in [6, 6.07) is 14.6. The van der Waals surface area contributed by atoms with Crippen LogP contribution >= 0.6 is 35.3 Å². The molecule has 2 aromatic rings. The minimum atomic E-state index is 0. The smallest absolute Gasteiger partial charge is 0.188 e. The van der Waals surface area contributed by atoms with Gasteiger partial charge in [0, 0.05) is 16.8 Å². The van der Waals surface area contributed by atoms with E-state index in [2.05, 4.69) is 65.9 Å². The van der Waals surface area contributed by atoms with Crippen molar-refractivity contribution in [2.75, 3.05) is 13.1 Å². The van der Waals surface area contributed by atoms with Crippen LogP contribution in [0.3, 0.4) is 0 Å². The van der Waals surface area contributed by atoms with Crippen LogP contribution in [-0.2, 0) is 11.8 Å². The fourth-order valence-corrected chi connectivity index (χ4v) is 2.90. The highest BCUT2D eigenvalue weighted by Crippen LogP contribution is 2.27. The van der Waals surface area contributed by atoms with Gasteiger partial charge in [-0.25, -0.2) is 0 Å². The Bertz CT molecular complexity index is 565. The molecule has 0 saturated heterocycles. The van der Waals surface area contributed by atoms with Crippen LogP contribution in [0, 0.1) is 0 Å². The van der Waals surface area contributed by atoms with Crippen molar-refractivity contribution in [3.63, 3.8) is 0 Å². The van der Waals surface area contributed by atoms with Gasteiger partial charge in [0.05, 0.1) is 6.54 Å². The zero-order valence-corrected chi connectivity index (χ0v) is 16.2. The number of benzene rings is 1. The van der Waals surface area contributed by atoms with Gasteiger partial charge in [-0.05, 0) is 23.4 Å². The van der Waals surface area contributed by atoms with Crippen LogP contribution in [0.1, 0.15) is 24.3 Å². The van der Waals surface area contributed by atoms with Gasteiger partial charge in [-0.2, -0.15) is 0 Å². The van der Waals surface area contributed by atoms with Gasteiger partial charge >= 0.3 is 0 Å². The zero-order chi connectivity index (χ0) is 15.1. The Labute approximate surface area is 154 Å². The maximum atomic E-state index is 5.94. The lowest BCUT2D eigenvalue weighted by molar-refractivity contribution is 0.550. The van der Waals surface area contributed by atoms with Crippen molar-refractivity contribution in [1.29, 1.82) is 0 Å². The Morgan fingerprint density at radius 1 is 1.18 bits per heavy atom. The maximum absolute atomic E-state index is 5.94. The molecule has 1 aromatic heterocycles. The number of hydrogen-bond donors (Lipinski definition) is 2. The van der Waals surface area contributed by atoms with Crippen LogP contribution in [0.25, 0.3) is 0 Å². The number of nitrogens with one attached hydrogen (secondary N) is 1. The second kappa shape index (κ2) is 9.15. The predicted molar refractivity (Wildman–Crippen MR) is 107 cm³/mol. The third kappa shape index (κ3) is 5.96. The molecule has 0 fully saturated rings. The summed E-state index contributed by atoms with van der Waals surface area (Å²) in [6.45, 7) is 5.88. The first-order valence-corrected chi connectivity index (χ1v) is 8.07. The normalized spacial score (nSPS) is 11.8. The van der Waals surface area contributed by atoms with Gasteiger partial charge in [0.15, 0.2) is 5.96 Å². The average molecular weight is 429 g/mol. The summed E-state index contributed by atoms with van der Waals surface area (Å²) >= 11 is 1.77. The molecule has 0 saturated carbocycles. The summed E-state index contributed by atoms with van der Waals surface area (Å²) < 4.78 is 0. The van der Waals surface area contributed by atoms with E-state index in [1.807, 2.05) is 6.07 Å². The number of nitrogens with two attached hydrogens (primary N) is 1. The molecule has 0 unspecified atom stereocenters. The van der Waals surface area contributed by atoms with Crippen molar-refractivity contribution in [2.24, 2.45) is 10.7 Å². The highest BCUT2D eigenvalue weighted by molar-refractivity contribution is 14.0. The second-order valence-corrected chi connectivity index (χ2v) is 6.67. The van der Waals surface area contributed by atoms with E-state index in [1.165, 1.54) is 10.4 Å². The molecule has 0 bridgehead atoms. The first-order chi connectivity index (χ1) is 10.1. The van der Waals surface area contributed by atoms with Crippen LogP contribution in [0.2, 0.25) is 0 Å². The number of rotatable bonds is 6. The van der Waals surface area contributed by atoms with Crippen LogP contribution in [0.5, 0.6) is 0 Å². The lowest BCUT2D eigenvalue weighted by atomic mass is 9.92. The van der Waals surface area contributed by atoms with E-state index in [1.54, 1.807) is 11.3 Å². The van der Waals surface area contributed by atoms with Crippen molar-refractivity contribution in [2.45, 2.75) is 25.7 Å². The van der Waals surface area contributed by atoms with Gasteiger partial charge in [-0.3, -0.25) is 4.99 Å². The van der Waals surface area contributed by atoms with Gasteiger partial charge in [0.25, 0.3) is 0 Å². The molecule has 0 radical (unpaired) electrons. The maximum Gasteiger partial charge on any atom is 0.188 e. The largest absolute Gasteiger partial charge is 0.370 e. The third-order valence-electron chi connectivity index (χ3n) is 3.40.